The summed E-state index contributed by atoms with van der Waals surface area (Å²) in [7, 11) is 0. The van der Waals surface area contributed by atoms with Crippen LogP contribution in [0.25, 0.3) is 0 Å². The van der Waals surface area contributed by atoms with Gasteiger partial charge in [0.2, 0.25) is 5.96 Å². The Labute approximate surface area is 236 Å². The molecule has 5 atom stereocenters. The summed E-state index contributed by atoms with van der Waals surface area (Å²) in [5.41, 5.74) is -2.16. The van der Waals surface area contributed by atoms with E-state index in [4.69, 9.17) is 15.6 Å². The predicted octanol–water partition coefficient (Wildman–Crippen LogP) is -0.130. The van der Waals surface area contributed by atoms with Crippen LogP contribution in [0.2, 0.25) is 0 Å². The molecule has 4 aliphatic rings. The predicted molar refractivity (Wildman–Crippen MR) is 147 cm³/mol. The largest absolute Gasteiger partial charge is 0.492 e. The third kappa shape index (κ3) is 3.77. The van der Waals surface area contributed by atoms with Crippen molar-refractivity contribution in [2.75, 3.05) is 19.7 Å². The summed E-state index contributed by atoms with van der Waals surface area (Å²) in [6.45, 7) is 6.13. The van der Waals surface area contributed by atoms with E-state index in [1.54, 1.807) is 30.5 Å². The Hall–Kier alpha value is -4.30. The van der Waals surface area contributed by atoms with Gasteiger partial charge in [0.05, 0.1) is 30.3 Å². The van der Waals surface area contributed by atoms with E-state index in [1.807, 2.05) is 6.07 Å². The highest BCUT2D eigenvalue weighted by molar-refractivity contribution is 5.98. The molecule has 0 bridgehead atoms. The maximum atomic E-state index is 13.7. The lowest BCUT2D eigenvalue weighted by Crippen LogP contribution is -2.81. The van der Waals surface area contributed by atoms with Crippen LogP contribution in [0.15, 0.2) is 36.5 Å². The average molecular weight is 566 g/mol. The number of hydrogen-bond donors (Lipinski definition) is 9. The molecule has 6 rings (SSSR count). The van der Waals surface area contributed by atoms with Crippen molar-refractivity contribution < 1.29 is 24.6 Å². The minimum Gasteiger partial charge on any atom is -0.492 e. The van der Waals surface area contributed by atoms with Crippen molar-refractivity contribution in [3.05, 3.63) is 53.3 Å². The summed E-state index contributed by atoms with van der Waals surface area (Å²) < 4.78 is 5.92. The van der Waals surface area contributed by atoms with Gasteiger partial charge in [-0.2, -0.15) is 5.06 Å². The number of ether oxygens (including phenoxy) is 1. The van der Waals surface area contributed by atoms with E-state index in [2.05, 4.69) is 40.1 Å². The van der Waals surface area contributed by atoms with Gasteiger partial charge in [-0.05, 0) is 37.0 Å². The molecule has 41 heavy (non-hydrogen) atoms. The summed E-state index contributed by atoms with van der Waals surface area (Å²) in [6.07, 6.45) is 2.44. The summed E-state index contributed by atoms with van der Waals surface area (Å²) in [4.78, 5) is 30.5. The number of guanidine groups is 2. The zero-order chi connectivity index (χ0) is 29.3. The Morgan fingerprint density at radius 2 is 1.90 bits per heavy atom. The maximum Gasteiger partial charge on any atom is 0.267 e. The lowest BCUT2D eigenvalue weighted by Gasteiger charge is -2.53. The molecule has 3 fully saturated rings. The molecule has 5 heterocycles. The minimum atomic E-state index is -1.87. The smallest absolute Gasteiger partial charge is 0.267 e. The zero-order valence-corrected chi connectivity index (χ0v) is 23.0. The Morgan fingerprint density at radius 3 is 2.63 bits per heavy atom. The SMILES string of the molecule is CC1(C)CCOc2c(C(=O)N[C@H]3CN4C(=N)NC(CNC(=O)c5ccc[nH]5)C5NC(=N)N(O)C54[C@@]3(C)O)cccc21. The van der Waals surface area contributed by atoms with Crippen LogP contribution >= 0.6 is 0 Å². The monoisotopic (exact) mass is 565 g/mol. The summed E-state index contributed by atoms with van der Waals surface area (Å²) in [5, 5.41) is 52.8. The second-order valence-corrected chi connectivity index (χ2v) is 11.9. The van der Waals surface area contributed by atoms with E-state index in [9.17, 15) is 19.9 Å². The molecule has 1 aromatic carbocycles. The van der Waals surface area contributed by atoms with Gasteiger partial charge in [0.15, 0.2) is 11.6 Å². The standard InChI is InChI=1S/C27H35N9O5/c1-25(2)9-11-41-19-14(6-4-7-15(19)25)21(37)33-18-13-35-23(28)32-17(12-31-22(38)16-8-5-10-30-16)20-27(35,26(18,3)39)36(40)24(29)34-20/h4-8,10,17-18,20,30,39-40H,9,11-13H2,1-3H3,(H2,28,32)(H2,29,34)(H,31,38)(H,33,37)/t17?,18-,20?,26-,27?/m0/s1. The molecular formula is C27H35N9O5. The summed E-state index contributed by atoms with van der Waals surface area (Å²) >= 11 is 0. The van der Waals surface area contributed by atoms with Crippen LogP contribution in [0.5, 0.6) is 5.75 Å². The number of aromatic amines is 1. The van der Waals surface area contributed by atoms with Crippen molar-refractivity contribution in [2.45, 2.75) is 62.0 Å². The molecule has 3 saturated heterocycles. The zero-order valence-electron chi connectivity index (χ0n) is 23.0. The molecule has 4 aliphatic heterocycles. The first-order valence-electron chi connectivity index (χ1n) is 13.6. The first-order valence-corrected chi connectivity index (χ1v) is 13.6. The van der Waals surface area contributed by atoms with Crippen molar-refractivity contribution in [1.82, 2.24) is 36.2 Å². The Bertz CT molecular complexity index is 1420. The number of nitrogens with one attached hydrogen (secondary N) is 7. The lowest BCUT2D eigenvalue weighted by molar-refractivity contribution is -0.218. The van der Waals surface area contributed by atoms with Crippen LogP contribution in [0.3, 0.4) is 0 Å². The fraction of sp³-hybridized carbons (Fsp3) is 0.481. The molecule has 0 aliphatic carbocycles. The van der Waals surface area contributed by atoms with Gasteiger partial charge in [-0.1, -0.05) is 26.0 Å². The van der Waals surface area contributed by atoms with Gasteiger partial charge in [0.25, 0.3) is 11.8 Å². The molecule has 2 amide bonds. The second-order valence-electron chi connectivity index (χ2n) is 11.9. The third-order valence-electron chi connectivity index (χ3n) is 9.05. The topological polar surface area (TPSA) is 202 Å². The summed E-state index contributed by atoms with van der Waals surface area (Å²) in [5.74, 6) is -0.827. The van der Waals surface area contributed by atoms with Gasteiger partial charge in [-0.15, -0.1) is 0 Å². The number of benzene rings is 1. The third-order valence-corrected chi connectivity index (χ3v) is 9.05. The molecule has 14 nitrogen and oxygen atoms in total. The van der Waals surface area contributed by atoms with E-state index >= 15 is 0 Å². The Kier molecular flexibility index (Phi) is 5.98. The van der Waals surface area contributed by atoms with Gasteiger partial charge in [0, 0.05) is 24.8 Å². The van der Waals surface area contributed by atoms with Crippen molar-refractivity contribution >= 4 is 23.7 Å². The minimum absolute atomic E-state index is 0.0188. The van der Waals surface area contributed by atoms with Crippen LogP contribution in [-0.4, -0.2) is 98.1 Å². The molecule has 14 heteroatoms. The van der Waals surface area contributed by atoms with Gasteiger partial charge in [-0.3, -0.25) is 25.6 Å². The first kappa shape index (κ1) is 26.9. The van der Waals surface area contributed by atoms with Gasteiger partial charge < -0.3 is 41.0 Å². The van der Waals surface area contributed by atoms with E-state index < -0.39 is 35.3 Å². The normalized spacial score (nSPS) is 31.3. The molecule has 218 valence electrons. The van der Waals surface area contributed by atoms with Crippen LogP contribution in [0, 0.1) is 10.8 Å². The number of H-pyrrole nitrogens is 1. The molecule has 1 spiro atoms. The number of para-hydroxylation sites is 1. The number of aromatic nitrogens is 1. The van der Waals surface area contributed by atoms with Crippen molar-refractivity contribution in [3.8, 4) is 5.75 Å². The van der Waals surface area contributed by atoms with E-state index in [0.29, 0.717) is 28.7 Å². The highest BCUT2D eigenvalue weighted by Gasteiger charge is 2.75. The molecule has 3 unspecified atom stereocenters. The first-order chi connectivity index (χ1) is 19.4. The number of rotatable bonds is 5. The van der Waals surface area contributed by atoms with Gasteiger partial charge in [0.1, 0.15) is 17.0 Å². The van der Waals surface area contributed by atoms with Crippen molar-refractivity contribution in [2.24, 2.45) is 0 Å². The maximum absolute atomic E-state index is 13.7. The number of amides is 2. The number of aliphatic hydroxyl groups is 1. The van der Waals surface area contributed by atoms with Crippen LogP contribution in [-0.2, 0) is 5.41 Å². The number of carbonyl (C=O) groups is 2. The highest BCUT2D eigenvalue weighted by Crippen LogP contribution is 2.48. The molecule has 9 N–H and O–H groups in total. The number of fused-ring (bicyclic) bond motifs is 1. The molecule has 2 aromatic rings. The molecular weight excluding hydrogens is 530 g/mol. The number of nitrogens with zero attached hydrogens (tertiary/aromatic N) is 2. The van der Waals surface area contributed by atoms with E-state index in [1.165, 1.54) is 11.8 Å². The number of carbonyl (C=O) groups excluding carboxylic acids is 2. The molecule has 1 aromatic heterocycles. The fourth-order valence-electron chi connectivity index (χ4n) is 6.74. The van der Waals surface area contributed by atoms with Crippen LogP contribution < -0.4 is 26.0 Å². The van der Waals surface area contributed by atoms with Gasteiger partial charge in [-0.25, -0.2) is 0 Å². The summed E-state index contributed by atoms with van der Waals surface area (Å²) in [6, 6.07) is 6.23. The quantitative estimate of drug-likeness (QED) is 0.237. The van der Waals surface area contributed by atoms with Crippen LogP contribution in [0.1, 0.15) is 53.6 Å². The Balaban J connectivity index is 1.30. The lowest BCUT2D eigenvalue weighted by atomic mass is 9.77. The molecule has 0 saturated carbocycles. The second kappa shape index (κ2) is 9.11. The van der Waals surface area contributed by atoms with Gasteiger partial charge >= 0.3 is 0 Å². The highest BCUT2D eigenvalue weighted by atomic mass is 16.5. The van der Waals surface area contributed by atoms with Crippen molar-refractivity contribution in [1.29, 1.82) is 10.8 Å². The van der Waals surface area contributed by atoms with Crippen LogP contribution in [0.4, 0.5) is 0 Å². The van der Waals surface area contributed by atoms with E-state index in [-0.39, 0.29) is 36.3 Å². The number of hydroxylamine groups is 2. The van der Waals surface area contributed by atoms with E-state index in [0.717, 1.165) is 12.0 Å². The average Bonchev–Trinajstić information content (AvgIpc) is 3.61. The Morgan fingerprint density at radius 1 is 1.12 bits per heavy atom. The fourth-order valence-corrected chi connectivity index (χ4v) is 6.74. The number of hydrogen-bond acceptors (Lipinski definition) is 7. The molecule has 0 radical (unpaired) electrons. The van der Waals surface area contributed by atoms with Crippen molar-refractivity contribution in [3.63, 3.8) is 0 Å².